The van der Waals surface area contributed by atoms with Crippen molar-refractivity contribution in [1.29, 1.82) is 0 Å². The SMILES string of the molecule is COC(=O)c1ccc(NC(=O)N2CCC(CN3CCC(C)CC3)CC2)cc1. The third kappa shape index (κ3) is 5.45. The number of likely N-dealkylation sites (tertiary alicyclic amines) is 2. The Morgan fingerprint density at radius 2 is 1.67 bits per heavy atom. The van der Waals surface area contributed by atoms with Gasteiger partial charge < -0.3 is 19.9 Å². The fourth-order valence-corrected chi connectivity index (χ4v) is 3.94. The Bertz CT molecular complexity index is 631. The molecule has 148 valence electrons. The summed E-state index contributed by atoms with van der Waals surface area (Å²) in [7, 11) is 1.35. The molecule has 0 aliphatic carbocycles. The maximum Gasteiger partial charge on any atom is 0.337 e. The number of piperidine rings is 2. The summed E-state index contributed by atoms with van der Waals surface area (Å²) in [5.74, 6) is 1.19. The van der Waals surface area contributed by atoms with Gasteiger partial charge in [-0.3, -0.25) is 0 Å². The molecule has 3 rings (SSSR count). The first kappa shape index (κ1) is 19.7. The van der Waals surface area contributed by atoms with Crippen LogP contribution in [-0.2, 0) is 4.74 Å². The molecular formula is C21H31N3O3. The molecule has 2 aliphatic rings. The van der Waals surface area contributed by atoms with Crippen LogP contribution in [0.25, 0.3) is 0 Å². The van der Waals surface area contributed by atoms with Crippen LogP contribution >= 0.6 is 0 Å². The summed E-state index contributed by atoms with van der Waals surface area (Å²) in [5.41, 5.74) is 1.17. The molecule has 2 fully saturated rings. The number of methoxy groups -OCH3 is 1. The molecule has 2 aliphatic heterocycles. The minimum atomic E-state index is -0.377. The Labute approximate surface area is 161 Å². The molecule has 0 bridgehead atoms. The monoisotopic (exact) mass is 373 g/mol. The normalized spacial score (nSPS) is 19.7. The van der Waals surface area contributed by atoms with E-state index in [0.29, 0.717) is 17.2 Å². The molecule has 6 nitrogen and oxygen atoms in total. The van der Waals surface area contributed by atoms with Crippen molar-refractivity contribution in [3.8, 4) is 0 Å². The van der Waals surface area contributed by atoms with Crippen LogP contribution in [0.15, 0.2) is 24.3 Å². The van der Waals surface area contributed by atoms with Crippen LogP contribution in [0.1, 0.15) is 43.0 Å². The van der Waals surface area contributed by atoms with E-state index in [0.717, 1.165) is 31.8 Å². The van der Waals surface area contributed by atoms with Gasteiger partial charge in [0.25, 0.3) is 0 Å². The van der Waals surface area contributed by atoms with Gasteiger partial charge in [0.05, 0.1) is 12.7 Å². The largest absolute Gasteiger partial charge is 0.465 e. The minimum Gasteiger partial charge on any atom is -0.465 e. The lowest BCUT2D eigenvalue weighted by Gasteiger charge is -2.37. The van der Waals surface area contributed by atoms with Crippen LogP contribution in [-0.4, -0.2) is 61.6 Å². The van der Waals surface area contributed by atoms with E-state index in [1.165, 1.54) is 39.6 Å². The quantitative estimate of drug-likeness (QED) is 0.821. The van der Waals surface area contributed by atoms with Gasteiger partial charge in [-0.25, -0.2) is 9.59 Å². The molecule has 27 heavy (non-hydrogen) atoms. The molecule has 0 aromatic heterocycles. The number of hydrogen-bond donors (Lipinski definition) is 1. The standard InChI is InChI=1S/C21H31N3O3/c1-16-7-11-23(12-8-16)15-17-9-13-24(14-10-17)21(26)22-19-5-3-18(4-6-19)20(25)27-2/h3-6,16-17H,7-15H2,1-2H3,(H,22,26). The second-order valence-electron chi connectivity index (χ2n) is 7.91. The molecule has 1 N–H and O–H groups in total. The molecule has 0 radical (unpaired) electrons. The number of rotatable bonds is 4. The van der Waals surface area contributed by atoms with Crippen molar-refractivity contribution >= 4 is 17.7 Å². The van der Waals surface area contributed by atoms with E-state index in [9.17, 15) is 9.59 Å². The molecule has 2 heterocycles. The van der Waals surface area contributed by atoms with E-state index in [-0.39, 0.29) is 12.0 Å². The van der Waals surface area contributed by atoms with E-state index in [4.69, 9.17) is 0 Å². The number of carbonyl (C=O) groups is 2. The number of esters is 1. The molecule has 2 saturated heterocycles. The topological polar surface area (TPSA) is 61.9 Å². The zero-order valence-corrected chi connectivity index (χ0v) is 16.4. The van der Waals surface area contributed by atoms with Gasteiger partial charge in [0.1, 0.15) is 0 Å². The van der Waals surface area contributed by atoms with Gasteiger partial charge in [-0.05, 0) is 74.9 Å². The molecule has 1 aromatic rings. The van der Waals surface area contributed by atoms with Gasteiger partial charge >= 0.3 is 12.0 Å². The Kier molecular flexibility index (Phi) is 6.72. The van der Waals surface area contributed by atoms with Gasteiger partial charge in [-0.15, -0.1) is 0 Å². The van der Waals surface area contributed by atoms with Crippen LogP contribution in [0, 0.1) is 11.8 Å². The highest BCUT2D eigenvalue weighted by atomic mass is 16.5. The molecular weight excluding hydrogens is 342 g/mol. The van der Waals surface area contributed by atoms with Gasteiger partial charge in [0.2, 0.25) is 0 Å². The smallest absolute Gasteiger partial charge is 0.337 e. The summed E-state index contributed by atoms with van der Waals surface area (Å²) in [6.45, 7) is 7.59. The lowest BCUT2D eigenvalue weighted by Crippen LogP contribution is -2.44. The first-order chi connectivity index (χ1) is 13.0. The van der Waals surface area contributed by atoms with Gasteiger partial charge in [-0.2, -0.15) is 0 Å². The van der Waals surface area contributed by atoms with Gasteiger partial charge in [0, 0.05) is 25.3 Å². The number of hydrogen-bond acceptors (Lipinski definition) is 4. The highest BCUT2D eigenvalue weighted by Crippen LogP contribution is 2.23. The predicted molar refractivity (Wildman–Crippen MR) is 106 cm³/mol. The number of carbonyl (C=O) groups excluding carboxylic acids is 2. The Morgan fingerprint density at radius 3 is 2.26 bits per heavy atom. The highest BCUT2D eigenvalue weighted by Gasteiger charge is 2.25. The molecule has 0 saturated carbocycles. The summed E-state index contributed by atoms with van der Waals surface area (Å²) >= 11 is 0. The maximum absolute atomic E-state index is 12.5. The number of amides is 2. The molecule has 1 aromatic carbocycles. The van der Waals surface area contributed by atoms with E-state index in [1.54, 1.807) is 24.3 Å². The Balaban J connectivity index is 1.42. The van der Waals surface area contributed by atoms with Crippen molar-refractivity contribution in [2.45, 2.75) is 32.6 Å². The third-order valence-corrected chi connectivity index (χ3v) is 5.85. The Morgan fingerprint density at radius 1 is 1.04 bits per heavy atom. The van der Waals surface area contributed by atoms with Crippen LogP contribution in [0.2, 0.25) is 0 Å². The Hall–Kier alpha value is -2.08. The zero-order valence-electron chi connectivity index (χ0n) is 16.4. The first-order valence-electron chi connectivity index (χ1n) is 10.0. The second-order valence-corrected chi connectivity index (χ2v) is 7.91. The van der Waals surface area contributed by atoms with Crippen LogP contribution in [0.3, 0.4) is 0 Å². The maximum atomic E-state index is 12.5. The molecule has 0 spiro atoms. The summed E-state index contributed by atoms with van der Waals surface area (Å²) in [6.07, 6.45) is 4.77. The summed E-state index contributed by atoms with van der Waals surface area (Å²) in [6, 6.07) is 6.72. The number of ether oxygens (including phenoxy) is 1. The average Bonchev–Trinajstić information content (AvgIpc) is 2.70. The second kappa shape index (κ2) is 9.22. The lowest BCUT2D eigenvalue weighted by atomic mass is 9.93. The van der Waals surface area contributed by atoms with Crippen molar-refractivity contribution in [3.63, 3.8) is 0 Å². The molecule has 2 amide bonds. The highest BCUT2D eigenvalue weighted by molar-refractivity contribution is 5.92. The molecule has 6 heteroatoms. The summed E-state index contributed by atoms with van der Waals surface area (Å²) in [4.78, 5) is 28.4. The lowest BCUT2D eigenvalue weighted by molar-refractivity contribution is 0.0600. The van der Waals surface area contributed by atoms with E-state index < -0.39 is 0 Å². The first-order valence-corrected chi connectivity index (χ1v) is 10.0. The number of benzene rings is 1. The van der Waals surface area contributed by atoms with E-state index in [2.05, 4.69) is 21.9 Å². The number of nitrogens with zero attached hydrogens (tertiary/aromatic N) is 2. The molecule has 0 atom stereocenters. The van der Waals surface area contributed by atoms with Crippen LogP contribution in [0.5, 0.6) is 0 Å². The average molecular weight is 373 g/mol. The minimum absolute atomic E-state index is 0.0638. The van der Waals surface area contributed by atoms with Crippen molar-refractivity contribution in [2.24, 2.45) is 11.8 Å². The van der Waals surface area contributed by atoms with E-state index in [1.807, 2.05) is 4.90 Å². The van der Waals surface area contributed by atoms with Crippen molar-refractivity contribution < 1.29 is 14.3 Å². The third-order valence-electron chi connectivity index (χ3n) is 5.85. The van der Waals surface area contributed by atoms with Crippen LogP contribution in [0.4, 0.5) is 10.5 Å². The van der Waals surface area contributed by atoms with Gasteiger partial charge in [-0.1, -0.05) is 6.92 Å². The predicted octanol–water partition coefficient (Wildman–Crippen LogP) is 3.45. The van der Waals surface area contributed by atoms with Crippen molar-refractivity contribution in [3.05, 3.63) is 29.8 Å². The van der Waals surface area contributed by atoms with Crippen molar-refractivity contribution in [2.75, 3.05) is 45.2 Å². The summed E-state index contributed by atoms with van der Waals surface area (Å²) < 4.78 is 4.68. The number of urea groups is 1. The molecule has 0 unspecified atom stereocenters. The van der Waals surface area contributed by atoms with E-state index >= 15 is 0 Å². The van der Waals surface area contributed by atoms with Gasteiger partial charge in [0.15, 0.2) is 0 Å². The fourth-order valence-electron chi connectivity index (χ4n) is 3.94. The van der Waals surface area contributed by atoms with Crippen molar-refractivity contribution in [1.82, 2.24) is 9.80 Å². The summed E-state index contributed by atoms with van der Waals surface area (Å²) in [5, 5.41) is 2.92. The number of anilines is 1. The zero-order chi connectivity index (χ0) is 19.2. The fraction of sp³-hybridized carbons (Fsp3) is 0.619. The number of nitrogens with one attached hydrogen (secondary N) is 1. The van der Waals surface area contributed by atoms with Crippen LogP contribution < -0.4 is 5.32 Å².